The van der Waals surface area contributed by atoms with Crippen molar-refractivity contribution in [2.45, 2.75) is 6.42 Å². The highest BCUT2D eigenvalue weighted by atomic mass is 16.2. The molecule has 0 aliphatic carbocycles. The lowest BCUT2D eigenvalue weighted by molar-refractivity contribution is 0.291. The van der Waals surface area contributed by atoms with Crippen LogP contribution < -0.4 is 0 Å². The van der Waals surface area contributed by atoms with E-state index in [1.807, 2.05) is 0 Å². The number of imidazole rings is 1. The summed E-state index contributed by atoms with van der Waals surface area (Å²) < 4.78 is 0. The van der Waals surface area contributed by atoms with E-state index in [4.69, 9.17) is 5.11 Å². The Labute approximate surface area is 65.0 Å². The molecule has 2 N–H and O–H groups in total. The maximum Gasteiger partial charge on any atom is 0.0924 e. The smallest absolute Gasteiger partial charge is 0.0924 e. The van der Waals surface area contributed by atoms with Crippen LogP contribution in [0.25, 0.3) is 0 Å². The Bertz CT molecular complexity index is 205. The Morgan fingerprint density at radius 3 is 3.27 bits per heavy atom. The lowest BCUT2D eigenvalue weighted by atomic mass is 10.4. The molecule has 0 saturated heterocycles. The minimum absolute atomic E-state index is 0.195. The normalized spacial score (nSPS) is 11.0. The first kappa shape index (κ1) is 7.94. The number of aromatic nitrogens is 2. The summed E-state index contributed by atoms with van der Waals surface area (Å²) in [4.78, 5) is 10.8. The Hall–Kier alpha value is -1.16. The van der Waals surface area contributed by atoms with Gasteiger partial charge in [0, 0.05) is 19.4 Å². The van der Waals surface area contributed by atoms with Gasteiger partial charge in [-0.3, -0.25) is 4.99 Å². The molecule has 1 aromatic heterocycles. The summed E-state index contributed by atoms with van der Waals surface area (Å²) in [5, 5.41) is 8.43. The van der Waals surface area contributed by atoms with Crippen LogP contribution in [0, 0.1) is 0 Å². The van der Waals surface area contributed by atoms with Gasteiger partial charge in [0.25, 0.3) is 0 Å². The van der Waals surface area contributed by atoms with Gasteiger partial charge in [0.2, 0.25) is 0 Å². The van der Waals surface area contributed by atoms with E-state index in [2.05, 4.69) is 15.0 Å². The van der Waals surface area contributed by atoms with Gasteiger partial charge in [0.15, 0.2) is 0 Å². The number of aliphatic hydroxyl groups excluding tert-OH is 1. The van der Waals surface area contributed by atoms with Crippen molar-refractivity contribution in [1.29, 1.82) is 0 Å². The van der Waals surface area contributed by atoms with Crippen molar-refractivity contribution in [1.82, 2.24) is 9.97 Å². The molecule has 4 heteroatoms. The van der Waals surface area contributed by atoms with E-state index >= 15 is 0 Å². The van der Waals surface area contributed by atoms with Gasteiger partial charge in [-0.15, -0.1) is 0 Å². The lowest BCUT2D eigenvalue weighted by Crippen LogP contribution is -1.88. The summed E-state index contributed by atoms with van der Waals surface area (Å²) in [7, 11) is 0. The van der Waals surface area contributed by atoms with E-state index in [9.17, 15) is 0 Å². The van der Waals surface area contributed by atoms with Gasteiger partial charge < -0.3 is 10.1 Å². The summed E-state index contributed by atoms with van der Waals surface area (Å²) >= 11 is 0. The van der Waals surface area contributed by atoms with Crippen LogP contribution >= 0.6 is 0 Å². The number of H-pyrrole nitrogens is 1. The number of rotatable bonds is 4. The summed E-state index contributed by atoms with van der Waals surface area (Å²) in [5.41, 5.74) is 0.892. The maximum atomic E-state index is 8.43. The van der Waals surface area contributed by atoms with Crippen LogP contribution in [0.3, 0.4) is 0 Å². The highest BCUT2D eigenvalue weighted by Gasteiger charge is 1.84. The largest absolute Gasteiger partial charge is 0.396 e. The summed E-state index contributed by atoms with van der Waals surface area (Å²) in [6.45, 7) is 0.857. The fraction of sp³-hybridized carbons (Fsp3) is 0.429. The van der Waals surface area contributed by atoms with E-state index in [1.165, 1.54) is 0 Å². The van der Waals surface area contributed by atoms with Gasteiger partial charge in [0.05, 0.1) is 18.2 Å². The molecule has 0 aliphatic heterocycles. The Balaban J connectivity index is 2.25. The van der Waals surface area contributed by atoms with Gasteiger partial charge in [-0.25, -0.2) is 4.98 Å². The van der Waals surface area contributed by atoms with Crippen LogP contribution in [-0.4, -0.2) is 34.4 Å². The van der Waals surface area contributed by atoms with Gasteiger partial charge in [-0.1, -0.05) is 0 Å². The van der Waals surface area contributed by atoms with E-state index in [0.29, 0.717) is 13.0 Å². The molecule has 0 saturated carbocycles. The third kappa shape index (κ3) is 2.95. The van der Waals surface area contributed by atoms with E-state index in [0.717, 1.165) is 5.69 Å². The molecular weight excluding hydrogens is 142 g/mol. The van der Waals surface area contributed by atoms with Gasteiger partial charge in [-0.05, 0) is 6.42 Å². The average molecular weight is 153 g/mol. The summed E-state index contributed by atoms with van der Waals surface area (Å²) in [6, 6.07) is 0. The third-order valence-electron chi connectivity index (χ3n) is 1.20. The van der Waals surface area contributed by atoms with Crippen LogP contribution in [0.15, 0.2) is 17.5 Å². The van der Waals surface area contributed by atoms with E-state index < -0.39 is 0 Å². The molecule has 0 atom stereocenters. The molecule has 0 amide bonds. The van der Waals surface area contributed by atoms with Crippen LogP contribution in [0.1, 0.15) is 12.1 Å². The first-order valence-corrected chi connectivity index (χ1v) is 3.52. The molecule has 0 aromatic carbocycles. The molecule has 0 aliphatic rings. The summed E-state index contributed by atoms with van der Waals surface area (Å²) in [6.07, 6.45) is 5.73. The molecule has 1 heterocycles. The first-order chi connectivity index (χ1) is 5.43. The number of hydrogen-bond acceptors (Lipinski definition) is 3. The monoisotopic (exact) mass is 153 g/mol. The predicted octanol–water partition coefficient (Wildman–Crippen LogP) is 0.211. The summed E-state index contributed by atoms with van der Waals surface area (Å²) in [5.74, 6) is 0. The second kappa shape index (κ2) is 4.62. The van der Waals surface area contributed by atoms with E-state index in [1.54, 1.807) is 18.7 Å². The highest BCUT2D eigenvalue weighted by Crippen LogP contribution is 1.85. The van der Waals surface area contributed by atoms with Crippen molar-refractivity contribution >= 4 is 6.21 Å². The zero-order valence-electron chi connectivity index (χ0n) is 6.20. The number of nitrogens with one attached hydrogen (secondary N) is 1. The molecule has 0 spiro atoms. The SMILES string of the molecule is OCCCN=Cc1cnc[nH]1. The predicted molar refractivity (Wildman–Crippen MR) is 42.8 cm³/mol. The van der Waals surface area contributed by atoms with Crippen molar-refractivity contribution in [3.8, 4) is 0 Å². The molecule has 0 fully saturated rings. The van der Waals surface area contributed by atoms with Crippen molar-refractivity contribution in [3.63, 3.8) is 0 Å². The van der Waals surface area contributed by atoms with Crippen LogP contribution in [0.4, 0.5) is 0 Å². The van der Waals surface area contributed by atoms with Crippen LogP contribution in [0.5, 0.6) is 0 Å². The van der Waals surface area contributed by atoms with Gasteiger partial charge >= 0.3 is 0 Å². The lowest BCUT2D eigenvalue weighted by Gasteiger charge is -1.87. The van der Waals surface area contributed by atoms with Crippen molar-refractivity contribution < 1.29 is 5.11 Å². The maximum absolute atomic E-state index is 8.43. The third-order valence-corrected chi connectivity index (χ3v) is 1.20. The number of hydrogen-bond donors (Lipinski definition) is 2. The first-order valence-electron chi connectivity index (χ1n) is 3.52. The quantitative estimate of drug-likeness (QED) is 0.480. The second-order valence-electron chi connectivity index (χ2n) is 2.12. The van der Waals surface area contributed by atoms with Crippen molar-refractivity contribution in [2.24, 2.45) is 4.99 Å². The number of aliphatic hydroxyl groups is 1. The topological polar surface area (TPSA) is 61.3 Å². The van der Waals surface area contributed by atoms with Gasteiger partial charge in [0.1, 0.15) is 0 Å². The Morgan fingerprint density at radius 2 is 2.64 bits per heavy atom. The minimum Gasteiger partial charge on any atom is -0.396 e. The fourth-order valence-electron chi connectivity index (χ4n) is 0.662. The molecule has 11 heavy (non-hydrogen) atoms. The highest BCUT2D eigenvalue weighted by molar-refractivity contribution is 5.76. The minimum atomic E-state index is 0.195. The number of aliphatic imine (C=N–C) groups is 1. The van der Waals surface area contributed by atoms with Crippen molar-refractivity contribution in [2.75, 3.05) is 13.2 Å². The average Bonchev–Trinajstić information content (AvgIpc) is 2.50. The zero-order valence-corrected chi connectivity index (χ0v) is 6.20. The standard InChI is InChI=1S/C7H11N3O/c11-3-1-2-8-4-7-5-9-6-10-7/h4-6,11H,1-3H2,(H,9,10). The van der Waals surface area contributed by atoms with Gasteiger partial charge in [-0.2, -0.15) is 0 Å². The molecule has 0 unspecified atom stereocenters. The number of nitrogens with zero attached hydrogens (tertiary/aromatic N) is 2. The zero-order chi connectivity index (χ0) is 7.94. The van der Waals surface area contributed by atoms with Crippen LogP contribution in [-0.2, 0) is 0 Å². The fourth-order valence-corrected chi connectivity index (χ4v) is 0.662. The van der Waals surface area contributed by atoms with Crippen molar-refractivity contribution in [3.05, 3.63) is 18.2 Å². The molecule has 1 rings (SSSR count). The molecule has 1 aromatic rings. The number of aromatic amines is 1. The second-order valence-corrected chi connectivity index (χ2v) is 2.12. The molecule has 0 bridgehead atoms. The Morgan fingerprint density at radius 1 is 1.73 bits per heavy atom. The van der Waals surface area contributed by atoms with E-state index in [-0.39, 0.29) is 6.61 Å². The van der Waals surface area contributed by atoms with Crippen LogP contribution in [0.2, 0.25) is 0 Å². The Kier molecular flexibility index (Phi) is 3.34. The molecular formula is C7H11N3O. The molecule has 4 nitrogen and oxygen atoms in total. The molecule has 60 valence electrons. The molecule has 0 radical (unpaired) electrons.